The number of aliphatic hydroxyl groups excluding tert-OH is 1. The van der Waals surface area contributed by atoms with E-state index in [0.29, 0.717) is 16.9 Å². The molecule has 2 rings (SSSR count). The van der Waals surface area contributed by atoms with Crippen molar-refractivity contribution in [1.82, 2.24) is 4.98 Å². The quantitative estimate of drug-likeness (QED) is 0.873. The Kier molecular flexibility index (Phi) is 4.24. The summed E-state index contributed by atoms with van der Waals surface area (Å²) in [6.45, 7) is 6.82. The van der Waals surface area contributed by atoms with Gasteiger partial charge >= 0.3 is 0 Å². The molecule has 0 saturated heterocycles. The Morgan fingerprint density at radius 1 is 1.26 bits per heavy atom. The Morgan fingerprint density at radius 3 is 2.42 bits per heavy atom. The molecule has 0 bridgehead atoms. The first-order valence-electron chi connectivity index (χ1n) is 7.17. The second-order valence-electron chi connectivity index (χ2n) is 6.82. The second-order valence-corrected chi connectivity index (χ2v) is 6.82. The van der Waals surface area contributed by atoms with Crippen LogP contribution in [0.25, 0.3) is 0 Å². The van der Waals surface area contributed by atoms with Crippen LogP contribution in [-0.2, 0) is 0 Å². The molecule has 1 aromatic rings. The zero-order valence-electron chi connectivity index (χ0n) is 12.1. The molecule has 1 fully saturated rings. The highest BCUT2D eigenvalue weighted by atomic mass is 19.1. The SMILES string of the molecule is CC(C)(C)C1CCC(C(O)c2ccncc2F)CC1. The fraction of sp³-hybridized carbons (Fsp3) is 0.688. The van der Waals surface area contributed by atoms with Crippen molar-refractivity contribution in [2.24, 2.45) is 17.3 Å². The lowest BCUT2D eigenvalue weighted by Crippen LogP contribution is -2.28. The van der Waals surface area contributed by atoms with Crippen molar-refractivity contribution >= 4 is 0 Å². The molecule has 1 atom stereocenters. The molecule has 1 unspecified atom stereocenters. The zero-order chi connectivity index (χ0) is 14.0. The van der Waals surface area contributed by atoms with E-state index in [4.69, 9.17) is 0 Å². The number of aliphatic hydroxyl groups is 1. The van der Waals surface area contributed by atoms with Gasteiger partial charge in [0.25, 0.3) is 0 Å². The largest absolute Gasteiger partial charge is 0.388 e. The van der Waals surface area contributed by atoms with Gasteiger partial charge in [-0.1, -0.05) is 20.8 Å². The standard InChI is InChI=1S/C16H24FNO/c1-16(2,3)12-6-4-11(5-7-12)15(19)13-8-9-18-10-14(13)17/h8-12,15,19H,4-7H2,1-3H3. The third kappa shape index (κ3) is 3.33. The minimum atomic E-state index is -0.691. The molecule has 1 aliphatic carbocycles. The molecule has 0 spiro atoms. The van der Waals surface area contributed by atoms with Crippen molar-refractivity contribution in [2.45, 2.75) is 52.6 Å². The number of aromatic nitrogens is 1. The van der Waals surface area contributed by atoms with Crippen LogP contribution < -0.4 is 0 Å². The van der Waals surface area contributed by atoms with Crippen molar-refractivity contribution in [3.05, 3.63) is 29.8 Å². The number of hydrogen-bond donors (Lipinski definition) is 1. The van der Waals surface area contributed by atoms with Gasteiger partial charge < -0.3 is 5.11 Å². The number of rotatable bonds is 2. The molecule has 0 radical (unpaired) electrons. The highest BCUT2D eigenvalue weighted by molar-refractivity contribution is 5.16. The maximum absolute atomic E-state index is 13.6. The Hall–Kier alpha value is -0.960. The monoisotopic (exact) mass is 265 g/mol. The van der Waals surface area contributed by atoms with Gasteiger partial charge in [-0.25, -0.2) is 4.39 Å². The summed E-state index contributed by atoms with van der Waals surface area (Å²) in [4.78, 5) is 3.73. The maximum atomic E-state index is 13.6. The minimum Gasteiger partial charge on any atom is -0.388 e. The first-order valence-corrected chi connectivity index (χ1v) is 7.17. The molecule has 1 N–H and O–H groups in total. The van der Waals surface area contributed by atoms with Crippen LogP contribution in [0.15, 0.2) is 18.5 Å². The van der Waals surface area contributed by atoms with E-state index in [2.05, 4.69) is 25.8 Å². The topological polar surface area (TPSA) is 33.1 Å². The van der Waals surface area contributed by atoms with Crippen molar-refractivity contribution in [3.8, 4) is 0 Å². The highest BCUT2D eigenvalue weighted by Gasteiger charge is 2.33. The second kappa shape index (κ2) is 5.58. The van der Waals surface area contributed by atoms with Gasteiger partial charge in [0.2, 0.25) is 0 Å². The average Bonchev–Trinajstić information content (AvgIpc) is 2.38. The molecule has 1 aromatic heterocycles. The molecular weight excluding hydrogens is 241 g/mol. The fourth-order valence-electron chi connectivity index (χ4n) is 3.18. The van der Waals surface area contributed by atoms with Crippen molar-refractivity contribution in [1.29, 1.82) is 0 Å². The van der Waals surface area contributed by atoms with Gasteiger partial charge in [-0.2, -0.15) is 0 Å². The first kappa shape index (κ1) is 14.4. The van der Waals surface area contributed by atoms with Gasteiger partial charge in [0.1, 0.15) is 5.82 Å². The van der Waals surface area contributed by atoms with Crippen LogP contribution >= 0.6 is 0 Å². The van der Waals surface area contributed by atoms with Crippen LogP contribution in [0.1, 0.15) is 58.1 Å². The lowest BCUT2D eigenvalue weighted by Gasteiger charge is -2.38. The summed E-state index contributed by atoms with van der Waals surface area (Å²) >= 11 is 0. The van der Waals surface area contributed by atoms with Gasteiger partial charge in [-0.3, -0.25) is 4.98 Å². The summed E-state index contributed by atoms with van der Waals surface area (Å²) in [5, 5.41) is 10.3. The van der Waals surface area contributed by atoms with Crippen LogP contribution in [0.2, 0.25) is 0 Å². The van der Waals surface area contributed by atoms with Crippen molar-refractivity contribution in [3.63, 3.8) is 0 Å². The molecule has 19 heavy (non-hydrogen) atoms. The van der Waals surface area contributed by atoms with Gasteiger partial charge in [0, 0.05) is 11.8 Å². The van der Waals surface area contributed by atoms with Crippen LogP contribution in [0.4, 0.5) is 4.39 Å². The summed E-state index contributed by atoms with van der Waals surface area (Å²) in [6.07, 6.45) is 6.23. The summed E-state index contributed by atoms with van der Waals surface area (Å²) in [5.41, 5.74) is 0.729. The van der Waals surface area contributed by atoms with Crippen LogP contribution in [0.5, 0.6) is 0 Å². The van der Waals surface area contributed by atoms with E-state index < -0.39 is 11.9 Å². The lowest BCUT2D eigenvalue weighted by atomic mass is 9.68. The summed E-state index contributed by atoms with van der Waals surface area (Å²) in [5.74, 6) is 0.488. The van der Waals surface area contributed by atoms with E-state index in [1.165, 1.54) is 6.20 Å². The molecule has 3 heteroatoms. The number of nitrogens with zero attached hydrogens (tertiary/aromatic N) is 1. The molecule has 106 valence electrons. The molecule has 0 amide bonds. The van der Waals surface area contributed by atoms with Crippen molar-refractivity contribution < 1.29 is 9.50 Å². The molecule has 1 aliphatic rings. The van der Waals surface area contributed by atoms with Crippen LogP contribution in [-0.4, -0.2) is 10.1 Å². The highest BCUT2D eigenvalue weighted by Crippen LogP contribution is 2.43. The van der Waals surface area contributed by atoms with Gasteiger partial charge in [-0.15, -0.1) is 0 Å². The van der Waals surface area contributed by atoms with Crippen LogP contribution in [0.3, 0.4) is 0 Å². The van der Waals surface area contributed by atoms with E-state index in [-0.39, 0.29) is 5.92 Å². The first-order chi connectivity index (χ1) is 8.89. The van der Waals surface area contributed by atoms with E-state index in [1.807, 2.05) is 0 Å². The Bertz CT molecular complexity index is 419. The summed E-state index contributed by atoms with van der Waals surface area (Å²) in [6, 6.07) is 1.59. The Balaban J connectivity index is 2.00. The molecular formula is C16H24FNO. The van der Waals surface area contributed by atoms with E-state index in [9.17, 15) is 9.50 Å². The lowest BCUT2D eigenvalue weighted by molar-refractivity contribution is 0.0505. The maximum Gasteiger partial charge on any atom is 0.147 e. The number of pyridine rings is 1. The Morgan fingerprint density at radius 2 is 1.89 bits per heavy atom. The van der Waals surface area contributed by atoms with Gasteiger partial charge in [-0.05, 0) is 49.0 Å². The third-order valence-electron chi connectivity index (χ3n) is 4.57. The normalized spacial score (nSPS) is 26.2. The van der Waals surface area contributed by atoms with Gasteiger partial charge in [0.05, 0.1) is 12.3 Å². The molecule has 1 heterocycles. The summed E-state index contributed by atoms with van der Waals surface area (Å²) in [7, 11) is 0. The smallest absolute Gasteiger partial charge is 0.147 e. The van der Waals surface area contributed by atoms with E-state index in [0.717, 1.165) is 25.7 Å². The molecule has 0 aromatic carbocycles. The number of halogens is 1. The van der Waals surface area contributed by atoms with E-state index >= 15 is 0 Å². The number of hydrogen-bond acceptors (Lipinski definition) is 2. The molecule has 1 saturated carbocycles. The molecule has 2 nitrogen and oxygen atoms in total. The Labute approximate surface area is 115 Å². The van der Waals surface area contributed by atoms with Gasteiger partial charge in [0.15, 0.2) is 0 Å². The van der Waals surface area contributed by atoms with Crippen molar-refractivity contribution in [2.75, 3.05) is 0 Å². The third-order valence-corrected chi connectivity index (χ3v) is 4.57. The zero-order valence-corrected chi connectivity index (χ0v) is 12.1. The minimum absolute atomic E-state index is 0.176. The van der Waals surface area contributed by atoms with E-state index in [1.54, 1.807) is 12.3 Å². The average molecular weight is 265 g/mol. The van der Waals surface area contributed by atoms with Crippen LogP contribution in [0, 0.1) is 23.1 Å². The summed E-state index contributed by atoms with van der Waals surface area (Å²) < 4.78 is 13.6. The fourth-order valence-corrected chi connectivity index (χ4v) is 3.18. The predicted octanol–water partition coefficient (Wildman–Crippen LogP) is 4.11. The molecule has 0 aliphatic heterocycles. The predicted molar refractivity (Wildman–Crippen MR) is 74.1 cm³/mol.